The molecule has 1 unspecified atom stereocenters. The van der Waals surface area contributed by atoms with Gasteiger partial charge in [-0.3, -0.25) is 9.69 Å². The van der Waals surface area contributed by atoms with Gasteiger partial charge in [-0.05, 0) is 84.5 Å². The van der Waals surface area contributed by atoms with E-state index in [1.807, 2.05) is 11.8 Å². The average molecular weight is 742 g/mol. The van der Waals surface area contributed by atoms with Crippen LogP contribution in [0.3, 0.4) is 0 Å². The number of aryl methyl sites for hydroxylation is 2. The van der Waals surface area contributed by atoms with Gasteiger partial charge in [-0.15, -0.1) is 5.10 Å². The average Bonchev–Trinajstić information content (AvgIpc) is 3.49. The van der Waals surface area contributed by atoms with Crippen LogP contribution in [0.1, 0.15) is 78.1 Å². The summed E-state index contributed by atoms with van der Waals surface area (Å²) in [5, 5.41) is 23.3. The molecular weight excluding hydrogens is 702 g/mol. The number of hydrogen-bond donors (Lipinski definition) is 1. The number of rotatable bonds is 11. The zero-order valence-corrected chi connectivity index (χ0v) is 28.9. The van der Waals surface area contributed by atoms with Crippen molar-refractivity contribution in [3.05, 3.63) is 104 Å². The summed E-state index contributed by atoms with van der Waals surface area (Å²) in [5.74, 6) is -3.76. The molecule has 1 saturated heterocycles. The largest absolute Gasteiger partial charge is 0.416 e. The highest BCUT2D eigenvalue weighted by atomic mass is 19.4. The highest BCUT2D eigenvalue weighted by Gasteiger charge is 2.38. The second kappa shape index (κ2) is 14.6. The molecule has 1 aliphatic heterocycles. The van der Waals surface area contributed by atoms with Gasteiger partial charge in [0.2, 0.25) is 0 Å². The fraction of sp³-hybridized carbons (Fsp3) is 0.486. The Morgan fingerprint density at radius 1 is 0.923 bits per heavy atom. The van der Waals surface area contributed by atoms with Gasteiger partial charge in [0, 0.05) is 56.5 Å². The van der Waals surface area contributed by atoms with Crippen LogP contribution >= 0.6 is 0 Å². The number of hydrogen-bond acceptors (Lipinski definition) is 7. The van der Waals surface area contributed by atoms with Crippen LogP contribution in [-0.4, -0.2) is 53.5 Å². The van der Waals surface area contributed by atoms with E-state index in [1.54, 1.807) is 25.3 Å². The minimum atomic E-state index is -4.95. The first-order valence-electron chi connectivity index (χ1n) is 16.6. The Morgan fingerprint density at radius 3 is 2.15 bits per heavy atom. The van der Waals surface area contributed by atoms with Crippen molar-refractivity contribution in [3.63, 3.8) is 0 Å². The summed E-state index contributed by atoms with van der Waals surface area (Å²) in [6, 6.07) is 8.23. The van der Waals surface area contributed by atoms with E-state index < -0.39 is 53.2 Å². The first-order chi connectivity index (χ1) is 24.2. The summed E-state index contributed by atoms with van der Waals surface area (Å²) < 4.78 is 114. The molecule has 1 fully saturated rings. The van der Waals surface area contributed by atoms with Gasteiger partial charge in [-0.1, -0.05) is 24.2 Å². The van der Waals surface area contributed by atoms with E-state index in [0.717, 1.165) is 23.0 Å². The number of aromatic nitrogens is 5. The summed E-state index contributed by atoms with van der Waals surface area (Å²) in [5.41, 5.74) is -3.58. The first kappa shape index (κ1) is 38.8. The smallest absolute Gasteiger partial charge is 0.388 e. The number of pyridine rings is 1. The van der Waals surface area contributed by atoms with Gasteiger partial charge in [0.05, 0.1) is 30.3 Å². The molecule has 9 nitrogen and oxygen atoms in total. The van der Waals surface area contributed by atoms with Gasteiger partial charge in [-0.25, -0.2) is 8.78 Å². The van der Waals surface area contributed by atoms with E-state index in [2.05, 4.69) is 15.4 Å². The molecule has 282 valence electrons. The predicted octanol–water partition coefficient (Wildman–Crippen LogP) is 7.01. The Morgan fingerprint density at radius 2 is 1.58 bits per heavy atom. The van der Waals surface area contributed by atoms with E-state index in [1.165, 1.54) is 22.6 Å². The Bertz CT molecular complexity index is 1890. The van der Waals surface area contributed by atoms with Crippen molar-refractivity contribution in [3.8, 4) is 0 Å². The number of likely N-dealkylation sites (tertiary alicyclic amines) is 1. The molecule has 5 rings (SSSR count). The lowest BCUT2D eigenvalue weighted by Gasteiger charge is -2.42. The van der Waals surface area contributed by atoms with Gasteiger partial charge in [-0.2, -0.15) is 31.1 Å². The third-order valence-electron chi connectivity index (χ3n) is 9.40. The molecular formula is C35H39F8N7O2. The van der Waals surface area contributed by atoms with Crippen molar-refractivity contribution in [1.82, 2.24) is 29.7 Å². The topological polar surface area (TPSA) is 92.3 Å². The summed E-state index contributed by atoms with van der Waals surface area (Å²) in [6.45, 7) is 3.97. The Kier molecular flexibility index (Phi) is 10.9. The quantitative estimate of drug-likeness (QED) is 0.165. The van der Waals surface area contributed by atoms with Gasteiger partial charge >= 0.3 is 12.4 Å². The minimum absolute atomic E-state index is 0.0744. The van der Waals surface area contributed by atoms with E-state index in [4.69, 9.17) is 0 Å². The maximum Gasteiger partial charge on any atom is 0.416 e. The number of alkyl halides is 8. The molecule has 52 heavy (non-hydrogen) atoms. The van der Waals surface area contributed by atoms with Crippen molar-refractivity contribution in [2.24, 2.45) is 7.05 Å². The minimum Gasteiger partial charge on any atom is -0.388 e. The second-order valence-corrected chi connectivity index (χ2v) is 13.5. The van der Waals surface area contributed by atoms with Crippen LogP contribution in [0, 0.1) is 6.92 Å². The maximum atomic E-state index is 14.4. The van der Waals surface area contributed by atoms with E-state index in [-0.39, 0.29) is 48.6 Å². The van der Waals surface area contributed by atoms with Crippen LogP contribution in [-0.2, 0) is 45.0 Å². The molecule has 1 N–H and O–H groups in total. The number of piperidine rings is 1. The first-order valence-corrected chi connectivity index (χ1v) is 16.6. The number of nitrogens with zero attached hydrogens (tertiary/aromatic N) is 7. The highest BCUT2D eigenvalue weighted by Crippen LogP contribution is 2.39. The van der Waals surface area contributed by atoms with E-state index >= 15 is 0 Å². The molecule has 4 aromatic rings. The third kappa shape index (κ3) is 8.97. The lowest BCUT2D eigenvalue weighted by molar-refractivity contribution is -0.138. The molecule has 2 aromatic heterocycles. The SMILES string of the molecule is CCC(c1ccc(C(F)(F)F)cc1CN(Cc1cc(C(C)(F)F)cc(C(F)(F)F)c1)c1nnn(C)n1)N1CCC(O)(Cn2cccc(C)c2=O)CC1. The number of tetrazole rings is 1. The molecule has 0 radical (unpaired) electrons. The highest BCUT2D eigenvalue weighted by molar-refractivity contribution is 5.42. The third-order valence-corrected chi connectivity index (χ3v) is 9.40. The summed E-state index contributed by atoms with van der Waals surface area (Å²) >= 11 is 0. The second-order valence-electron chi connectivity index (χ2n) is 13.5. The lowest BCUT2D eigenvalue weighted by Crippen LogP contribution is -2.49. The summed E-state index contributed by atoms with van der Waals surface area (Å²) in [7, 11) is 1.42. The van der Waals surface area contributed by atoms with Gasteiger partial charge in [0.15, 0.2) is 0 Å². The Balaban J connectivity index is 1.50. The number of halogens is 8. The van der Waals surface area contributed by atoms with Gasteiger partial charge in [0.1, 0.15) is 0 Å². The van der Waals surface area contributed by atoms with Crippen LogP contribution in [0.25, 0.3) is 0 Å². The van der Waals surface area contributed by atoms with Gasteiger partial charge < -0.3 is 14.6 Å². The number of benzene rings is 2. The molecule has 17 heteroatoms. The van der Waals surface area contributed by atoms with Crippen molar-refractivity contribution >= 4 is 5.95 Å². The molecule has 0 aliphatic carbocycles. The zero-order valence-electron chi connectivity index (χ0n) is 28.9. The van der Waals surface area contributed by atoms with Crippen LogP contribution in [0.15, 0.2) is 59.5 Å². The Labute approximate surface area is 294 Å². The molecule has 0 bridgehead atoms. The molecule has 1 aliphatic rings. The fourth-order valence-corrected chi connectivity index (χ4v) is 6.65. The molecule has 0 amide bonds. The van der Waals surface area contributed by atoms with Gasteiger partial charge in [0.25, 0.3) is 17.4 Å². The zero-order chi connectivity index (χ0) is 38.2. The lowest BCUT2D eigenvalue weighted by atomic mass is 9.87. The monoisotopic (exact) mass is 741 g/mol. The number of aliphatic hydroxyl groups is 1. The number of anilines is 1. The van der Waals surface area contributed by atoms with E-state index in [0.29, 0.717) is 49.7 Å². The Hall–Kier alpha value is -4.38. The van der Waals surface area contributed by atoms with E-state index in [9.17, 15) is 45.0 Å². The van der Waals surface area contributed by atoms with Crippen molar-refractivity contribution in [1.29, 1.82) is 0 Å². The normalized spacial score (nSPS) is 16.2. The predicted molar refractivity (Wildman–Crippen MR) is 175 cm³/mol. The molecule has 3 heterocycles. The summed E-state index contributed by atoms with van der Waals surface area (Å²) in [4.78, 5) is 17.0. The standard InChI is InChI=1S/C35H39F8N7O2/c1-5-29(48-13-10-33(52,11-14-48)21-49-12-6-7-22(2)30(49)51)28-9-8-25(34(38,39)40)17-24(28)20-50(31-44-46-47(4)45-31)19-23-15-26(32(3,36)37)18-27(16-23)35(41,42)43/h6-9,12,15-18,29,52H,5,10-11,13-14,19-21H2,1-4H3. The van der Waals surface area contributed by atoms with Crippen LogP contribution in [0.2, 0.25) is 0 Å². The molecule has 0 saturated carbocycles. The molecule has 2 aromatic carbocycles. The summed E-state index contributed by atoms with van der Waals surface area (Å²) in [6.07, 6.45) is -7.09. The van der Waals surface area contributed by atoms with Crippen molar-refractivity contribution in [2.75, 3.05) is 18.0 Å². The molecule has 0 spiro atoms. The fourth-order valence-electron chi connectivity index (χ4n) is 6.65. The van der Waals surface area contributed by atoms with Crippen molar-refractivity contribution in [2.45, 2.75) is 89.6 Å². The van der Waals surface area contributed by atoms with Crippen LogP contribution < -0.4 is 10.5 Å². The van der Waals surface area contributed by atoms with Crippen molar-refractivity contribution < 1.29 is 40.2 Å². The van der Waals surface area contributed by atoms with Crippen LogP contribution in [0.4, 0.5) is 41.1 Å². The maximum absolute atomic E-state index is 14.4. The van der Waals surface area contributed by atoms with Crippen LogP contribution in [0.5, 0.6) is 0 Å². The molecule has 1 atom stereocenters.